The molecule has 14 heteroatoms. The maximum Gasteiger partial charge on any atom is 0.290 e. The number of piperazine rings is 1. The van der Waals surface area contributed by atoms with E-state index in [2.05, 4.69) is 77.3 Å². The van der Waals surface area contributed by atoms with Crippen LogP contribution in [-0.4, -0.2) is 97.4 Å². The molecule has 9 rings (SSSR count). The van der Waals surface area contributed by atoms with Crippen molar-refractivity contribution in [1.29, 1.82) is 5.26 Å². The summed E-state index contributed by atoms with van der Waals surface area (Å²) in [5, 5.41) is 16.1. The largest absolute Gasteiger partial charge is 0.489 e. The van der Waals surface area contributed by atoms with E-state index < -0.39 is 11.9 Å². The third kappa shape index (κ3) is 7.66. The van der Waals surface area contributed by atoms with Crippen LogP contribution >= 0.6 is 11.6 Å². The van der Waals surface area contributed by atoms with Gasteiger partial charge >= 0.3 is 0 Å². The van der Waals surface area contributed by atoms with Crippen molar-refractivity contribution in [1.82, 2.24) is 20.4 Å². The lowest BCUT2D eigenvalue weighted by molar-refractivity contribution is -0.164. The molecule has 1 aliphatic carbocycles. The van der Waals surface area contributed by atoms with E-state index in [1.165, 1.54) is 11.3 Å². The van der Waals surface area contributed by atoms with Crippen LogP contribution in [0.1, 0.15) is 91.8 Å². The summed E-state index contributed by atoms with van der Waals surface area (Å²) in [5.41, 5.74) is 4.09. The highest BCUT2D eigenvalue weighted by atomic mass is 35.5. The predicted molar refractivity (Wildman–Crippen MR) is 236 cm³/mol. The topological polar surface area (TPSA) is 151 Å². The van der Waals surface area contributed by atoms with Gasteiger partial charge in [-0.05, 0) is 86.7 Å². The lowest BCUT2D eigenvalue weighted by Crippen LogP contribution is -2.74. The van der Waals surface area contributed by atoms with Gasteiger partial charge in [-0.2, -0.15) is 5.26 Å². The van der Waals surface area contributed by atoms with E-state index in [1.54, 1.807) is 18.2 Å². The van der Waals surface area contributed by atoms with Crippen LogP contribution in [0.3, 0.4) is 0 Å². The van der Waals surface area contributed by atoms with Gasteiger partial charge < -0.3 is 29.2 Å². The highest BCUT2D eigenvalue weighted by Gasteiger charge is 2.64. The van der Waals surface area contributed by atoms with Crippen LogP contribution in [-0.2, 0) is 16.1 Å². The average molecular weight is 860 g/mol. The van der Waals surface area contributed by atoms with E-state index in [4.69, 9.17) is 20.8 Å². The predicted octanol–water partition coefficient (Wildman–Crippen LogP) is 6.76. The van der Waals surface area contributed by atoms with Crippen molar-refractivity contribution in [3.05, 3.63) is 88.1 Å². The van der Waals surface area contributed by atoms with Gasteiger partial charge in [-0.3, -0.25) is 29.4 Å². The summed E-state index contributed by atoms with van der Waals surface area (Å²) in [7, 11) is 0. The first-order valence-corrected chi connectivity index (χ1v) is 22.3. The van der Waals surface area contributed by atoms with E-state index in [-0.39, 0.29) is 47.1 Å². The summed E-state index contributed by atoms with van der Waals surface area (Å²) in [4.78, 5) is 59.7. The summed E-state index contributed by atoms with van der Waals surface area (Å²) in [5.74, 6) is 0.474. The molecular formula is C48H54ClN7O6. The summed E-state index contributed by atoms with van der Waals surface area (Å²) in [6.07, 6.45) is 3.85. The Kier molecular flexibility index (Phi) is 11.0. The molecule has 0 bridgehead atoms. The Morgan fingerprint density at radius 3 is 2.27 bits per heavy atom. The number of nitriles is 1. The van der Waals surface area contributed by atoms with Crippen LogP contribution in [0.4, 0.5) is 11.4 Å². The second-order valence-electron chi connectivity index (χ2n) is 18.9. The number of nitrogens with one attached hydrogen (secondary N) is 2. The number of hydrogen-bond donors (Lipinski definition) is 2. The van der Waals surface area contributed by atoms with Crippen LogP contribution in [0.25, 0.3) is 11.0 Å². The van der Waals surface area contributed by atoms with Crippen molar-refractivity contribution in [2.24, 2.45) is 16.7 Å². The number of furan rings is 1. The van der Waals surface area contributed by atoms with Gasteiger partial charge in [0.1, 0.15) is 29.5 Å². The van der Waals surface area contributed by atoms with Crippen LogP contribution < -0.4 is 25.2 Å². The van der Waals surface area contributed by atoms with E-state index in [0.29, 0.717) is 52.1 Å². The molecule has 1 saturated carbocycles. The van der Waals surface area contributed by atoms with Crippen molar-refractivity contribution < 1.29 is 28.3 Å². The Balaban J connectivity index is 0.709. The number of ether oxygens (including phenoxy) is 1. The second-order valence-corrected chi connectivity index (χ2v) is 19.3. The molecule has 62 heavy (non-hydrogen) atoms. The summed E-state index contributed by atoms with van der Waals surface area (Å²) in [6.45, 7) is 15.6. The standard InChI is InChI=1S/C48H54ClN7O6/c1-47(2)45(48(3,4)46(47)61-34-11-7-31(27-50)37(49)26-34)52-42(58)30-5-8-32(9-6-30)54-19-16-29(17-20-54)15-18-53-21-23-55(24-22-53)33-10-12-35-36-28-56(38-13-14-40(57)51-43(38)59)44(60)41(36)62-39(35)25-33/h5-12,25-26,29,38,45-46H,13-24,28H2,1-4H3,(H,52,58)(H,51,57,59). The number of anilines is 2. The molecule has 1 aromatic heterocycles. The molecular weight excluding hydrogens is 806 g/mol. The fraction of sp³-hybridized carbons (Fsp3) is 0.479. The Hall–Kier alpha value is -5.58. The molecule has 324 valence electrons. The van der Waals surface area contributed by atoms with Crippen molar-refractivity contribution in [3.63, 3.8) is 0 Å². The van der Waals surface area contributed by atoms with Gasteiger partial charge in [0.05, 0.1) is 17.1 Å². The second kappa shape index (κ2) is 16.3. The Morgan fingerprint density at radius 2 is 1.60 bits per heavy atom. The van der Waals surface area contributed by atoms with Crippen LogP contribution in [0, 0.1) is 28.1 Å². The maximum atomic E-state index is 13.5. The van der Waals surface area contributed by atoms with Crippen molar-refractivity contribution >= 4 is 57.6 Å². The molecule has 2 N–H and O–H groups in total. The Labute approximate surface area is 367 Å². The minimum Gasteiger partial charge on any atom is -0.489 e. The monoisotopic (exact) mass is 859 g/mol. The number of nitrogens with zero attached hydrogens (tertiary/aromatic N) is 5. The fourth-order valence-electron chi connectivity index (χ4n) is 11.0. The van der Waals surface area contributed by atoms with Crippen LogP contribution in [0.15, 0.2) is 65.1 Å². The number of carbonyl (C=O) groups excluding carboxylic acids is 4. The van der Waals surface area contributed by atoms with Crippen molar-refractivity contribution in [2.75, 3.05) is 55.6 Å². The zero-order valence-electron chi connectivity index (χ0n) is 35.8. The third-order valence-corrected chi connectivity index (χ3v) is 14.6. The first-order valence-electron chi connectivity index (χ1n) is 21.9. The number of benzene rings is 3. The number of piperidine rings is 2. The quantitative estimate of drug-likeness (QED) is 0.164. The molecule has 4 aromatic rings. The highest BCUT2D eigenvalue weighted by molar-refractivity contribution is 6.31. The van der Waals surface area contributed by atoms with Gasteiger partial charge in [-0.1, -0.05) is 39.3 Å². The average Bonchev–Trinajstić information content (AvgIpc) is 3.79. The van der Waals surface area contributed by atoms with Crippen LogP contribution in [0.2, 0.25) is 5.02 Å². The van der Waals surface area contributed by atoms with E-state index >= 15 is 0 Å². The minimum absolute atomic E-state index is 0.0945. The molecule has 0 spiro atoms. The van der Waals surface area contributed by atoms with Gasteiger partial charge in [-0.15, -0.1) is 0 Å². The zero-order chi connectivity index (χ0) is 43.5. The lowest BCUT2D eigenvalue weighted by atomic mass is 9.49. The van der Waals surface area contributed by atoms with Gasteiger partial charge in [0.15, 0.2) is 5.76 Å². The highest BCUT2D eigenvalue weighted by Crippen LogP contribution is 2.55. The molecule has 1 atom stereocenters. The summed E-state index contributed by atoms with van der Waals surface area (Å²) in [6, 6.07) is 20.6. The van der Waals surface area contributed by atoms with Gasteiger partial charge in [0, 0.05) is 103 Å². The van der Waals surface area contributed by atoms with E-state index in [0.717, 1.165) is 81.0 Å². The Bertz CT molecular complexity index is 2440. The van der Waals surface area contributed by atoms with E-state index in [1.807, 2.05) is 24.3 Å². The first kappa shape index (κ1) is 41.8. The number of fused-ring (bicyclic) bond motifs is 3. The van der Waals surface area contributed by atoms with Crippen LogP contribution in [0.5, 0.6) is 5.75 Å². The Morgan fingerprint density at radius 1 is 0.903 bits per heavy atom. The van der Waals surface area contributed by atoms with E-state index in [9.17, 15) is 24.4 Å². The smallest absolute Gasteiger partial charge is 0.290 e. The number of amides is 4. The zero-order valence-corrected chi connectivity index (χ0v) is 36.6. The SMILES string of the molecule is CC1(C)C(NC(=O)c2ccc(N3CCC(CCN4CCN(c5ccc6c7c(oc6c5)C(=O)N(C5CCC(=O)NC5=O)C7)CC4)CC3)cc2)C(C)(C)C1Oc1ccc(C#N)c(Cl)c1. The maximum absolute atomic E-state index is 13.5. The molecule has 4 fully saturated rings. The number of imide groups is 1. The number of halogens is 1. The normalized spacial score (nSPS) is 23.8. The number of rotatable bonds is 10. The molecule has 4 amide bonds. The fourth-order valence-corrected chi connectivity index (χ4v) is 11.2. The molecule has 3 saturated heterocycles. The molecule has 0 radical (unpaired) electrons. The number of carbonyl (C=O) groups is 4. The van der Waals surface area contributed by atoms with Gasteiger partial charge in [0.2, 0.25) is 11.8 Å². The summed E-state index contributed by atoms with van der Waals surface area (Å²) >= 11 is 6.26. The molecule has 5 aliphatic rings. The number of hydrogen-bond acceptors (Lipinski definition) is 10. The van der Waals surface area contributed by atoms with Crippen molar-refractivity contribution in [2.45, 2.75) is 84.5 Å². The van der Waals surface area contributed by atoms with Crippen molar-refractivity contribution in [3.8, 4) is 11.8 Å². The summed E-state index contributed by atoms with van der Waals surface area (Å²) < 4.78 is 12.5. The van der Waals surface area contributed by atoms with Gasteiger partial charge in [-0.25, -0.2) is 0 Å². The molecule has 1 unspecified atom stereocenters. The third-order valence-electron chi connectivity index (χ3n) is 14.3. The molecule has 4 aliphatic heterocycles. The molecule has 5 heterocycles. The first-order chi connectivity index (χ1) is 29.7. The lowest BCUT2D eigenvalue weighted by Gasteiger charge is -2.63. The molecule has 13 nitrogen and oxygen atoms in total. The molecule has 3 aromatic carbocycles. The minimum atomic E-state index is -0.658. The van der Waals surface area contributed by atoms with Gasteiger partial charge in [0.25, 0.3) is 11.8 Å².